The average molecular weight is 508 g/mol. The molecule has 0 fully saturated rings. The fourth-order valence-electron chi connectivity index (χ4n) is 4.24. The van der Waals surface area contributed by atoms with Crippen molar-refractivity contribution in [2.45, 2.75) is 19.6 Å². The first-order valence-electron chi connectivity index (χ1n) is 11.1. The van der Waals surface area contributed by atoms with E-state index in [1.165, 1.54) is 19.5 Å². The summed E-state index contributed by atoms with van der Waals surface area (Å²) >= 11 is 6.20. The zero-order valence-electron chi connectivity index (χ0n) is 19.0. The number of anilines is 1. The zero-order valence-corrected chi connectivity index (χ0v) is 19.8. The molecule has 1 aliphatic rings. The van der Waals surface area contributed by atoms with Crippen molar-refractivity contribution in [1.29, 1.82) is 0 Å². The van der Waals surface area contributed by atoms with Crippen molar-refractivity contribution in [3.8, 4) is 11.8 Å². The lowest BCUT2D eigenvalue weighted by Crippen LogP contribution is -2.18. The molecule has 0 unspecified atom stereocenters. The molecule has 3 aromatic heterocycles. The number of aromatic nitrogens is 6. The second-order valence-electron chi connectivity index (χ2n) is 8.23. The molecule has 1 aliphatic heterocycles. The third-order valence-electron chi connectivity index (χ3n) is 6.04. The Kier molecular flexibility index (Phi) is 5.41. The molecule has 0 amide bonds. The van der Waals surface area contributed by atoms with E-state index in [9.17, 15) is 9.18 Å². The van der Waals surface area contributed by atoms with Crippen LogP contribution in [0.2, 0.25) is 5.02 Å². The van der Waals surface area contributed by atoms with Crippen molar-refractivity contribution >= 4 is 39.4 Å². The van der Waals surface area contributed by atoms with Crippen molar-refractivity contribution < 1.29 is 13.9 Å². The monoisotopic (exact) mass is 507 g/mol. The number of nitrogens with one attached hydrogen (secondary N) is 1. The van der Waals surface area contributed by atoms with Gasteiger partial charge in [-0.05, 0) is 29.8 Å². The number of ether oxygens (including phenoxy) is 2. The highest BCUT2D eigenvalue weighted by atomic mass is 35.5. The van der Waals surface area contributed by atoms with Gasteiger partial charge in [-0.1, -0.05) is 17.7 Å². The Bertz CT molecular complexity index is 1700. The molecule has 0 aliphatic carbocycles. The maximum Gasteiger partial charge on any atom is 0.299 e. The Hall–Kier alpha value is -4.25. The van der Waals surface area contributed by atoms with E-state index in [0.29, 0.717) is 53.5 Å². The van der Waals surface area contributed by atoms with Crippen LogP contribution < -0.4 is 20.3 Å². The molecule has 12 heteroatoms. The van der Waals surface area contributed by atoms with Crippen molar-refractivity contribution in [1.82, 2.24) is 29.3 Å². The van der Waals surface area contributed by atoms with Crippen molar-refractivity contribution in [2.24, 2.45) is 0 Å². The van der Waals surface area contributed by atoms with Crippen LogP contribution >= 0.6 is 11.6 Å². The number of fused-ring (bicyclic) bond motifs is 3. The van der Waals surface area contributed by atoms with Gasteiger partial charge in [0.05, 0.1) is 36.5 Å². The Morgan fingerprint density at radius 3 is 2.97 bits per heavy atom. The summed E-state index contributed by atoms with van der Waals surface area (Å²) in [4.78, 5) is 25.7. The standard InChI is InChI=1S/C24H19ClFN7O3/c1-35-19-5-4-17(25)15(20(19)26)9-27-21-16-11-32(31-22(16)29-12-28-21)10-13-2-3-14-18(8-13)30-24-33(23(14)34)6-7-36-24/h2-5,8,11-12H,6-7,9-10H2,1H3,(H,27,28,29,31). The topological polar surface area (TPSA) is 109 Å². The minimum atomic E-state index is -0.529. The molecule has 0 atom stereocenters. The first-order chi connectivity index (χ1) is 17.5. The molecule has 10 nitrogen and oxygen atoms in total. The number of methoxy groups -OCH3 is 1. The smallest absolute Gasteiger partial charge is 0.299 e. The van der Waals surface area contributed by atoms with E-state index >= 15 is 0 Å². The lowest BCUT2D eigenvalue weighted by Gasteiger charge is -2.11. The molecule has 0 radical (unpaired) electrons. The fraction of sp³-hybridized carbons (Fsp3) is 0.208. The Morgan fingerprint density at radius 2 is 2.11 bits per heavy atom. The minimum Gasteiger partial charge on any atom is -0.494 e. The summed E-state index contributed by atoms with van der Waals surface area (Å²) in [6.07, 6.45) is 3.19. The second-order valence-corrected chi connectivity index (χ2v) is 8.64. The van der Waals surface area contributed by atoms with Crippen LogP contribution in [0.15, 0.2) is 47.7 Å². The van der Waals surface area contributed by atoms with Crippen LogP contribution in [-0.4, -0.2) is 43.0 Å². The normalized spacial score (nSPS) is 12.6. The maximum absolute atomic E-state index is 14.7. The molecule has 6 rings (SSSR count). The molecule has 0 saturated heterocycles. The van der Waals surface area contributed by atoms with Gasteiger partial charge in [0, 0.05) is 23.3 Å². The minimum absolute atomic E-state index is 0.0947. The van der Waals surface area contributed by atoms with Gasteiger partial charge in [0.2, 0.25) is 0 Å². The number of halogens is 2. The molecule has 1 N–H and O–H groups in total. The van der Waals surface area contributed by atoms with Gasteiger partial charge >= 0.3 is 0 Å². The van der Waals surface area contributed by atoms with Crippen LogP contribution in [-0.2, 0) is 19.6 Å². The first kappa shape index (κ1) is 22.2. The molecule has 0 saturated carbocycles. The van der Waals surface area contributed by atoms with E-state index in [4.69, 9.17) is 21.1 Å². The molecule has 36 heavy (non-hydrogen) atoms. The summed E-state index contributed by atoms with van der Waals surface area (Å²) in [5, 5.41) is 9.15. The molecule has 0 bridgehead atoms. The Morgan fingerprint density at radius 1 is 1.22 bits per heavy atom. The van der Waals surface area contributed by atoms with Crippen LogP contribution in [0, 0.1) is 5.82 Å². The number of nitrogens with zero attached hydrogens (tertiary/aromatic N) is 6. The highest BCUT2D eigenvalue weighted by molar-refractivity contribution is 6.31. The van der Waals surface area contributed by atoms with E-state index in [-0.39, 0.29) is 28.4 Å². The van der Waals surface area contributed by atoms with E-state index in [1.54, 1.807) is 27.6 Å². The predicted molar refractivity (Wildman–Crippen MR) is 131 cm³/mol. The predicted octanol–water partition coefficient (Wildman–Crippen LogP) is 3.39. The fourth-order valence-corrected chi connectivity index (χ4v) is 4.45. The van der Waals surface area contributed by atoms with Crippen molar-refractivity contribution in [2.75, 3.05) is 19.0 Å². The SMILES string of the molecule is COc1ccc(Cl)c(CNc2ncnc3nn(Cc4ccc5c(=O)n6c(nc5c4)OCC6)cc23)c1F. The van der Waals surface area contributed by atoms with Crippen LogP contribution in [0.4, 0.5) is 10.2 Å². The van der Waals surface area contributed by atoms with Crippen LogP contribution in [0.25, 0.3) is 21.9 Å². The number of hydrogen-bond acceptors (Lipinski definition) is 8. The van der Waals surface area contributed by atoms with Crippen LogP contribution in [0.1, 0.15) is 11.1 Å². The van der Waals surface area contributed by atoms with Gasteiger partial charge in [0.15, 0.2) is 17.2 Å². The summed E-state index contributed by atoms with van der Waals surface area (Å²) in [5.41, 5.74) is 2.11. The van der Waals surface area contributed by atoms with Gasteiger partial charge in [-0.25, -0.2) is 14.4 Å². The lowest BCUT2D eigenvalue weighted by molar-refractivity contribution is 0.345. The number of benzene rings is 2. The average Bonchev–Trinajstić information content (AvgIpc) is 3.51. The molecular weight excluding hydrogens is 489 g/mol. The van der Waals surface area contributed by atoms with Gasteiger partial charge in [-0.2, -0.15) is 10.1 Å². The van der Waals surface area contributed by atoms with E-state index in [1.807, 2.05) is 12.1 Å². The van der Waals surface area contributed by atoms with Gasteiger partial charge < -0.3 is 14.8 Å². The summed E-state index contributed by atoms with van der Waals surface area (Å²) in [5.74, 6) is 0.0745. The Balaban J connectivity index is 1.28. The quantitative estimate of drug-likeness (QED) is 0.372. The Labute approximate surface area is 208 Å². The van der Waals surface area contributed by atoms with Gasteiger partial charge in [-0.3, -0.25) is 14.0 Å². The van der Waals surface area contributed by atoms with Crippen molar-refractivity contribution in [3.05, 3.63) is 75.2 Å². The van der Waals surface area contributed by atoms with Gasteiger partial charge in [0.1, 0.15) is 18.8 Å². The highest BCUT2D eigenvalue weighted by Gasteiger charge is 2.18. The summed E-state index contributed by atoms with van der Waals surface area (Å²) in [6, 6.07) is 8.90. The summed E-state index contributed by atoms with van der Waals surface area (Å²) in [7, 11) is 1.40. The van der Waals surface area contributed by atoms with Gasteiger partial charge in [-0.15, -0.1) is 0 Å². The molecule has 182 valence electrons. The molecule has 5 aromatic rings. The largest absolute Gasteiger partial charge is 0.494 e. The maximum atomic E-state index is 14.7. The molecule has 2 aromatic carbocycles. The zero-order chi connectivity index (χ0) is 24.8. The van der Waals surface area contributed by atoms with E-state index in [0.717, 1.165) is 5.56 Å². The highest BCUT2D eigenvalue weighted by Crippen LogP contribution is 2.28. The number of hydrogen-bond donors (Lipinski definition) is 1. The van der Waals surface area contributed by atoms with Crippen molar-refractivity contribution in [3.63, 3.8) is 0 Å². The molecule has 0 spiro atoms. The third kappa shape index (κ3) is 3.77. The third-order valence-corrected chi connectivity index (χ3v) is 6.40. The second kappa shape index (κ2) is 8.76. The van der Waals surface area contributed by atoms with E-state index in [2.05, 4.69) is 25.4 Å². The lowest BCUT2D eigenvalue weighted by atomic mass is 10.1. The first-order valence-corrected chi connectivity index (χ1v) is 11.5. The molecular formula is C24H19ClFN7O3. The summed E-state index contributed by atoms with van der Waals surface area (Å²) < 4.78 is 28.4. The van der Waals surface area contributed by atoms with Crippen LogP contribution in [0.5, 0.6) is 11.8 Å². The molecule has 4 heterocycles. The van der Waals surface area contributed by atoms with E-state index < -0.39 is 5.82 Å². The van der Waals surface area contributed by atoms with Crippen LogP contribution in [0.3, 0.4) is 0 Å². The van der Waals surface area contributed by atoms with Gasteiger partial charge in [0.25, 0.3) is 11.6 Å². The summed E-state index contributed by atoms with van der Waals surface area (Å²) in [6.45, 7) is 1.46. The number of rotatable bonds is 6.